The van der Waals surface area contributed by atoms with Crippen LogP contribution in [-0.4, -0.2) is 52.2 Å². The maximum Gasteiger partial charge on any atom is 0.327 e. The van der Waals surface area contributed by atoms with E-state index in [1.165, 1.54) is 0 Å². The first-order valence-corrected chi connectivity index (χ1v) is 7.33. The number of carboxylic acid groups (broad SMARTS) is 1. The zero-order valence-electron chi connectivity index (χ0n) is 12.5. The Morgan fingerprint density at radius 3 is 2.64 bits per heavy atom. The molecule has 6 nitrogen and oxygen atoms in total. The predicted molar refractivity (Wildman–Crippen MR) is 81.5 cm³/mol. The molecule has 0 spiro atoms. The van der Waals surface area contributed by atoms with E-state index in [2.05, 4.69) is 9.97 Å². The molecule has 0 radical (unpaired) electrons. The van der Waals surface area contributed by atoms with E-state index < -0.39 is 12.0 Å². The molecular formula is C16H19N3O3. The van der Waals surface area contributed by atoms with Gasteiger partial charge in [0.25, 0.3) is 0 Å². The van der Waals surface area contributed by atoms with Crippen molar-refractivity contribution in [2.75, 3.05) is 26.3 Å². The van der Waals surface area contributed by atoms with Gasteiger partial charge in [-0.05, 0) is 6.92 Å². The van der Waals surface area contributed by atoms with E-state index in [9.17, 15) is 9.90 Å². The maximum absolute atomic E-state index is 11.8. The molecule has 0 saturated carbocycles. The summed E-state index contributed by atoms with van der Waals surface area (Å²) in [5.41, 5.74) is 2.31. The van der Waals surface area contributed by atoms with Crippen LogP contribution in [0.1, 0.15) is 17.4 Å². The first-order chi connectivity index (χ1) is 10.7. The molecule has 1 fully saturated rings. The van der Waals surface area contributed by atoms with Gasteiger partial charge >= 0.3 is 5.97 Å². The highest BCUT2D eigenvalue weighted by atomic mass is 16.5. The van der Waals surface area contributed by atoms with Gasteiger partial charge in [-0.2, -0.15) is 0 Å². The van der Waals surface area contributed by atoms with Gasteiger partial charge < -0.3 is 14.8 Å². The molecule has 0 aliphatic carbocycles. The Hall–Kier alpha value is -2.18. The Bertz CT molecular complexity index is 648. The summed E-state index contributed by atoms with van der Waals surface area (Å²) in [4.78, 5) is 21.4. The van der Waals surface area contributed by atoms with Crippen LogP contribution in [0.15, 0.2) is 30.3 Å². The molecule has 2 N–H and O–H groups in total. The molecule has 22 heavy (non-hydrogen) atoms. The van der Waals surface area contributed by atoms with Crippen molar-refractivity contribution in [1.29, 1.82) is 0 Å². The highest BCUT2D eigenvalue weighted by Crippen LogP contribution is 2.26. The summed E-state index contributed by atoms with van der Waals surface area (Å²) in [7, 11) is 0. The average molecular weight is 301 g/mol. The number of carbonyl (C=O) groups is 1. The molecule has 1 atom stereocenters. The molecule has 1 aliphatic heterocycles. The van der Waals surface area contributed by atoms with Crippen LogP contribution < -0.4 is 0 Å². The number of morpholine rings is 1. The van der Waals surface area contributed by atoms with Crippen LogP contribution >= 0.6 is 0 Å². The lowest BCUT2D eigenvalue weighted by atomic mass is 10.1. The number of ether oxygens (including phenoxy) is 1. The number of imidazole rings is 1. The van der Waals surface area contributed by atoms with Crippen LogP contribution in [-0.2, 0) is 9.53 Å². The Kier molecular flexibility index (Phi) is 4.22. The molecule has 1 saturated heterocycles. The van der Waals surface area contributed by atoms with Crippen molar-refractivity contribution in [2.24, 2.45) is 0 Å². The number of aryl methyl sites for hydroxylation is 1. The van der Waals surface area contributed by atoms with Crippen molar-refractivity contribution in [1.82, 2.24) is 14.9 Å². The molecule has 1 aliphatic rings. The molecule has 0 amide bonds. The van der Waals surface area contributed by atoms with Gasteiger partial charge in [-0.15, -0.1) is 0 Å². The van der Waals surface area contributed by atoms with Crippen LogP contribution in [0.5, 0.6) is 0 Å². The quantitative estimate of drug-likeness (QED) is 0.901. The number of benzene rings is 1. The van der Waals surface area contributed by atoms with Crippen LogP contribution in [0.3, 0.4) is 0 Å². The highest BCUT2D eigenvalue weighted by Gasteiger charge is 2.32. The first-order valence-electron chi connectivity index (χ1n) is 7.33. The van der Waals surface area contributed by atoms with Gasteiger partial charge in [0.15, 0.2) is 6.04 Å². The minimum Gasteiger partial charge on any atom is -0.480 e. The van der Waals surface area contributed by atoms with Crippen molar-refractivity contribution < 1.29 is 14.6 Å². The summed E-state index contributed by atoms with van der Waals surface area (Å²) < 4.78 is 5.31. The smallest absolute Gasteiger partial charge is 0.327 e. The summed E-state index contributed by atoms with van der Waals surface area (Å²) in [6, 6.07) is 8.97. The zero-order valence-corrected chi connectivity index (χ0v) is 12.5. The molecule has 0 bridgehead atoms. The second-order valence-corrected chi connectivity index (χ2v) is 5.35. The third-order valence-electron chi connectivity index (χ3n) is 3.87. The van der Waals surface area contributed by atoms with E-state index in [4.69, 9.17) is 4.74 Å². The fourth-order valence-corrected chi connectivity index (χ4v) is 2.75. The van der Waals surface area contributed by atoms with E-state index in [-0.39, 0.29) is 0 Å². The lowest BCUT2D eigenvalue weighted by molar-refractivity contribution is -0.145. The molecular weight excluding hydrogens is 282 g/mol. The van der Waals surface area contributed by atoms with E-state index in [0.29, 0.717) is 37.8 Å². The van der Waals surface area contributed by atoms with Crippen molar-refractivity contribution in [3.8, 4) is 11.4 Å². The predicted octanol–water partition coefficient (Wildman–Crippen LogP) is 1.84. The van der Waals surface area contributed by atoms with Gasteiger partial charge in [-0.3, -0.25) is 9.69 Å². The third-order valence-corrected chi connectivity index (χ3v) is 3.87. The van der Waals surface area contributed by atoms with Crippen LogP contribution in [0.4, 0.5) is 0 Å². The van der Waals surface area contributed by atoms with Gasteiger partial charge in [-0.1, -0.05) is 30.3 Å². The van der Waals surface area contributed by atoms with Crippen LogP contribution in [0.2, 0.25) is 0 Å². The molecule has 116 valence electrons. The fraction of sp³-hybridized carbons (Fsp3) is 0.375. The molecule has 6 heteroatoms. The Morgan fingerprint density at radius 1 is 1.32 bits per heavy atom. The molecule has 1 aromatic heterocycles. The summed E-state index contributed by atoms with van der Waals surface area (Å²) in [5.74, 6) is -0.177. The largest absolute Gasteiger partial charge is 0.480 e. The first kappa shape index (κ1) is 14.7. The Labute approximate surface area is 128 Å². The minimum atomic E-state index is -0.879. The van der Waals surface area contributed by atoms with E-state index in [1.807, 2.05) is 42.2 Å². The number of aromatic amines is 1. The van der Waals surface area contributed by atoms with Crippen molar-refractivity contribution in [3.63, 3.8) is 0 Å². The number of aromatic nitrogens is 2. The SMILES string of the molecule is Cc1[nH]c(-c2ccccc2)nc1C(C(=O)O)N1CCOCC1. The topological polar surface area (TPSA) is 78.5 Å². The third kappa shape index (κ3) is 2.88. The molecule has 2 heterocycles. The number of carboxylic acids is 1. The molecule has 1 aromatic carbocycles. The van der Waals surface area contributed by atoms with Crippen LogP contribution in [0.25, 0.3) is 11.4 Å². The van der Waals surface area contributed by atoms with Crippen molar-refractivity contribution >= 4 is 5.97 Å². The monoisotopic (exact) mass is 301 g/mol. The molecule has 2 aromatic rings. The van der Waals surface area contributed by atoms with Gasteiger partial charge in [-0.25, -0.2) is 4.98 Å². The number of hydrogen-bond acceptors (Lipinski definition) is 4. The number of rotatable bonds is 4. The van der Waals surface area contributed by atoms with E-state index in [1.54, 1.807) is 0 Å². The lowest BCUT2D eigenvalue weighted by Gasteiger charge is -2.31. The summed E-state index contributed by atoms with van der Waals surface area (Å²) >= 11 is 0. The number of aliphatic carboxylic acids is 1. The highest BCUT2D eigenvalue weighted by molar-refractivity contribution is 5.75. The van der Waals surface area contributed by atoms with Crippen LogP contribution in [0, 0.1) is 6.92 Å². The fourth-order valence-electron chi connectivity index (χ4n) is 2.75. The van der Waals surface area contributed by atoms with Gasteiger partial charge in [0, 0.05) is 24.3 Å². The Balaban J connectivity index is 1.95. The standard InChI is InChI=1S/C16H19N3O3/c1-11-13(14(16(20)21)19-7-9-22-10-8-19)18-15(17-11)12-5-3-2-4-6-12/h2-6,14H,7-10H2,1H3,(H,17,18)(H,20,21). The summed E-state index contributed by atoms with van der Waals surface area (Å²) in [6.45, 7) is 4.18. The van der Waals surface area contributed by atoms with Gasteiger partial charge in [0.1, 0.15) is 5.82 Å². The maximum atomic E-state index is 11.8. The molecule has 3 rings (SSSR count). The minimum absolute atomic E-state index is 0.554. The number of nitrogens with one attached hydrogen (secondary N) is 1. The average Bonchev–Trinajstić information content (AvgIpc) is 2.91. The second kappa shape index (κ2) is 6.29. The normalized spacial score (nSPS) is 17.3. The number of H-pyrrole nitrogens is 1. The Morgan fingerprint density at radius 2 is 2.00 bits per heavy atom. The van der Waals surface area contributed by atoms with Gasteiger partial charge in [0.05, 0.1) is 18.9 Å². The van der Waals surface area contributed by atoms with E-state index >= 15 is 0 Å². The molecule has 1 unspecified atom stereocenters. The van der Waals surface area contributed by atoms with Gasteiger partial charge in [0.2, 0.25) is 0 Å². The number of nitrogens with zero attached hydrogens (tertiary/aromatic N) is 2. The summed E-state index contributed by atoms with van der Waals surface area (Å²) in [5, 5.41) is 9.65. The lowest BCUT2D eigenvalue weighted by Crippen LogP contribution is -2.42. The number of hydrogen-bond donors (Lipinski definition) is 2. The van der Waals surface area contributed by atoms with Crippen molar-refractivity contribution in [3.05, 3.63) is 41.7 Å². The van der Waals surface area contributed by atoms with Crippen molar-refractivity contribution in [2.45, 2.75) is 13.0 Å². The summed E-state index contributed by atoms with van der Waals surface area (Å²) in [6.07, 6.45) is 0. The van der Waals surface area contributed by atoms with E-state index in [0.717, 1.165) is 11.3 Å². The zero-order chi connectivity index (χ0) is 15.5. The second-order valence-electron chi connectivity index (χ2n) is 5.35.